The summed E-state index contributed by atoms with van der Waals surface area (Å²) < 4.78 is 57.9. The third-order valence-electron chi connectivity index (χ3n) is 4.56. The van der Waals surface area contributed by atoms with Crippen LogP contribution in [0.4, 0.5) is 13.2 Å². The van der Waals surface area contributed by atoms with Crippen molar-refractivity contribution < 1.29 is 32.1 Å². The Morgan fingerprint density at radius 2 is 1.44 bits per heavy atom. The average Bonchev–Trinajstić information content (AvgIpc) is 2.76. The Balaban J connectivity index is 0.00000363. The van der Waals surface area contributed by atoms with Gasteiger partial charge >= 0.3 is 6.36 Å². The third-order valence-corrected chi connectivity index (χ3v) is 4.56. The molecule has 3 aromatic carbocycles. The van der Waals surface area contributed by atoms with Crippen LogP contribution in [-0.2, 0) is 6.61 Å². The molecule has 0 unspecified atom stereocenters. The van der Waals surface area contributed by atoms with E-state index in [4.69, 9.17) is 19.9 Å². The Labute approximate surface area is 190 Å². The first-order chi connectivity index (χ1) is 14.8. The second-order valence-corrected chi connectivity index (χ2v) is 6.61. The molecule has 172 valence electrons. The summed E-state index contributed by atoms with van der Waals surface area (Å²) in [6.07, 6.45) is -4.76. The molecule has 0 fully saturated rings. The molecule has 0 saturated heterocycles. The quantitative estimate of drug-likeness (QED) is 0.462. The van der Waals surface area contributed by atoms with E-state index in [1.54, 1.807) is 12.1 Å². The molecular weight excluding hydrogens is 447 g/mol. The van der Waals surface area contributed by atoms with E-state index in [1.807, 2.05) is 30.3 Å². The predicted molar refractivity (Wildman–Crippen MR) is 117 cm³/mol. The predicted octanol–water partition coefficient (Wildman–Crippen LogP) is 5.65. The number of halogens is 4. The van der Waals surface area contributed by atoms with Gasteiger partial charge in [0.2, 0.25) is 0 Å². The Morgan fingerprint density at radius 1 is 0.844 bits per heavy atom. The fourth-order valence-electron chi connectivity index (χ4n) is 3.04. The van der Waals surface area contributed by atoms with E-state index in [0.29, 0.717) is 35.0 Å². The van der Waals surface area contributed by atoms with Gasteiger partial charge in [-0.25, -0.2) is 0 Å². The van der Waals surface area contributed by atoms with E-state index in [0.717, 1.165) is 5.56 Å². The molecule has 1 atom stereocenters. The van der Waals surface area contributed by atoms with Crippen LogP contribution in [0.2, 0.25) is 0 Å². The maximum absolute atomic E-state index is 12.4. The van der Waals surface area contributed by atoms with Crippen LogP contribution in [-0.4, -0.2) is 20.6 Å². The maximum atomic E-state index is 12.4. The minimum absolute atomic E-state index is 0. The molecule has 32 heavy (non-hydrogen) atoms. The van der Waals surface area contributed by atoms with Crippen LogP contribution in [0, 0.1) is 0 Å². The van der Waals surface area contributed by atoms with Crippen LogP contribution in [0.3, 0.4) is 0 Å². The van der Waals surface area contributed by atoms with Crippen LogP contribution in [0.5, 0.6) is 23.0 Å². The van der Waals surface area contributed by atoms with E-state index in [9.17, 15) is 13.2 Å². The smallest absolute Gasteiger partial charge is 0.493 e. The number of alkyl halides is 3. The highest BCUT2D eigenvalue weighted by molar-refractivity contribution is 5.85. The van der Waals surface area contributed by atoms with Crippen molar-refractivity contribution in [3.05, 3.63) is 83.4 Å². The van der Waals surface area contributed by atoms with Gasteiger partial charge < -0.3 is 24.7 Å². The van der Waals surface area contributed by atoms with Gasteiger partial charge in [-0.15, -0.1) is 25.6 Å². The highest BCUT2D eigenvalue weighted by atomic mass is 35.5. The Hall–Kier alpha value is -3.10. The molecule has 0 bridgehead atoms. The first-order valence-corrected chi connectivity index (χ1v) is 9.34. The second kappa shape index (κ2) is 11.0. The third kappa shape index (κ3) is 6.45. The van der Waals surface area contributed by atoms with Crippen molar-refractivity contribution in [1.29, 1.82) is 0 Å². The van der Waals surface area contributed by atoms with E-state index in [2.05, 4.69) is 4.74 Å². The lowest BCUT2D eigenvalue weighted by Gasteiger charge is -2.20. The van der Waals surface area contributed by atoms with E-state index < -0.39 is 12.4 Å². The summed E-state index contributed by atoms with van der Waals surface area (Å²) in [7, 11) is 3.01. The van der Waals surface area contributed by atoms with E-state index >= 15 is 0 Å². The number of benzene rings is 3. The summed E-state index contributed by atoms with van der Waals surface area (Å²) in [5.41, 5.74) is 8.57. The van der Waals surface area contributed by atoms with Gasteiger partial charge in [0.1, 0.15) is 18.1 Å². The molecule has 0 aliphatic carbocycles. The number of hydrogen-bond donors (Lipinski definition) is 1. The number of methoxy groups -OCH3 is 2. The Morgan fingerprint density at radius 3 is 2.00 bits per heavy atom. The Bertz CT molecular complexity index is 999. The van der Waals surface area contributed by atoms with Crippen LogP contribution < -0.4 is 24.7 Å². The van der Waals surface area contributed by atoms with Crippen molar-refractivity contribution in [2.75, 3.05) is 14.2 Å². The van der Waals surface area contributed by atoms with Crippen molar-refractivity contribution in [3.8, 4) is 23.0 Å². The molecule has 0 saturated carbocycles. The monoisotopic (exact) mass is 469 g/mol. The summed E-state index contributed by atoms with van der Waals surface area (Å²) in [6, 6.07) is 17.7. The van der Waals surface area contributed by atoms with Gasteiger partial charge in [0.05, 0.1) is 20.3 Å². The zero-order valence-corrected chi connectivity index (χ0v) is 18.2. The molecular formula is C23H23ClF3NO4. The largest absolute Gasteiger partial charge is 0.573 e. The van der Waals surface area contributed by atoms with Gasteiger partial charge in [0.15, 0.2) is 11.5 Å². The molecule has 0 heterocycles. The zero-order valence-electron chi connectivity index (χ0n) is 17.4. The average molecular weight is 470 g/mol. The standard InChI is InChI=1S/C23H22F3NO4.ClH/c1-28-20-12-18(22(27)16-8-10-17(11-9-16)31-23(24,25)26)19(13-21(20)29-2)30-14-15-6-4-3-5-7-15;/h3-13,22H,14,27H2,1-2H3;1H/t22-;/m0./s1. The van der Waals surface area contributed by atoms with E-state index in [1.165, 1.54) is 38.5 Å². The van der Waals surface area contributed by atoms with Gasteiger partial charge in [0, 0.05) is 11.6 Å². The topological polar surface area (TPSA) is 62.9 Å². The minimum Gasteiger partial charge on any atom is -0.493 e. The van der Waals surface area contributed by atoms with Crippen molar-refractivity contribution >= 4 is 12.4 Å². The first kappa shape index (κ1) is 25.2. The normalized spacial score (nSPS) is 11.8. The molecule has 5 nitrogen and oxygen atoms in total. The maximum Gasteiger partial charge on any atom is 0.573 e. The van der Waals surface area contributed by atoms with Crippen molar-refractivity contribution in [2.24, 2.45) is 5.73 Å². The molecule has 0 radical (unpaired) electrons. The van der Waals surface area contributed by atoms with Crippen molar-refractivity contribution in [1.82, 2.24) is 0 Å². The molecule has 0 spiro atoms. The molecule has 2 N–H and O–H groups in total. The molecule has 9 heteroatoms. The summed E-state index contributed by atoms with van der Waals surface area (Å²) in [5, 5.41) is 0. The SMILES string of the molecule is COc1cc(OCc2ccccc2)c([C@@H](N)c2ccc(OC(F)(F)F)cc2)cc1OC.Cl. The lowest BCUT2D eigenvalue weighted by Crippen LogP contribution is -2.17. The van der Waals surface area contributed by atoms with E-state index in [-0.39, 0.29) is 18.2 Å². The summed E-state index contributed by atoms with van der Waals surface area (Å²) >= 11 is 0. The molecule has 3 rings (SSSR count). The molecule has 0 aromatic heterocycles. The summed E-state index contributed by atoms with van der Waals surface area (Å²) in [5.74, 6) is 1.08. The van der Waals surface area contributed by atoms with Gasteiger partial charge in [-0.3, -0.25) is 0 Å². The Kier molecular flexibility index (Phi) is 8.63. The van der Waals surface area contributed by atoms with Crippen LogP contribution >= 0.6 is 12.4 Å². The number of ether oxygens (including phenoxy) is 4. The highest BCUT2D eigenvalue weighted by Crippen LogP contribution is 2.39. The van der Waals surface area contributed by atoms with Gasteiger partial charge in [0.25, 0.3) is 0 Å². The van der Waals surface area contributed by atoms with Crippen LogP contribution in [0.15, 0.2) is 66.7 Å². The van der Waals surface area contributed by atoms with Crippen molar-refractivity contribution in [2.45, 2.75) is 19.0 Å². The van der Waals surface area contributed by atoms with Gasteiger partial charge in [-0.1, -0.05) is 42.5 Å². The summed E-state index contributed by atoms with van der Waals surface area (Å²) in [6.45, 7) is 0.300. The second-order valence-electron chi connectivity index (χ2n) is 6.61. The zero-order chi connectivity index (χ0) is 22.4. The van der Waals surface area contributed by atoms with Gasteiger partial charge in [-0.2, -0.15) is 0 Å². The molecule has 3 aromatic rings. The number of nitrogens with two attached hydrogens (primary N) is 1. The van der Waals surface area contributed by atoms with Crippen LogP contribution in [0.25, 0.3) is 0 Å². The first-order valence-electron chi connectivity index (χ1n) is 9.34. The minimum atomic E-state index is -4.76. The number of rotatable bonds is 8. The number of hydrogen-bond acceptors (Lipinski definition) is 5. The lowest BCUT2D eigenvalue weighted by molar-refractivity contribution is -0.274. The molecule has 0 aliphatic heterocycles. The lowest BCUT2D eigenvalue weighted by atomic mass is 9.98. The van der Waals surface area contributed by atoms with Crippen LogP contribution in [0.1, 0.15) is 22.7 Å². The highest BCUT2D eigenvalue weighted by Gasteiger charge is 2.31. The fraction of sp³-hybridized carbons (Fsp3) is 0.217. The molecule has 0 aliphatic rings. The molecule has 0 amide bonds. The van der Waals surface area contributed by atoms with Gasteiger partial charge in [-0.05, 0) is 29.3 Å². The fourth-order valence-corrected chi connectivity index (χ4v) is 3.04. The summed E-state index contributed by atoms with van der Waals surface area (Å²) in [4.78, 5) is 0. The van der Waals surface area contributed by atoms with Crippen molar-refractivity contribution in [3.63, 3.8) is 0 Å².